The molecule has 3 nitrogen and oxygen atoms in total. The number of aromatic nitrogens is 2. The second-order valence-electron chi connectivity index (χ2n) is 7.43. The van der Waals surface area contributed by atoms with E-state index >= 15 is 0 Å². The van der Waals surface area contributed by atoms with Crippen LogP contribution in [0.5, 0.6) is 0 Å². The minimum absolute atomic E-state index is 0.524. The summed E-state index contributed by atoms with van der Waals surface area (Å²) in [6.45, 7) is 10.3. The Morgan fingerprint density at radius 3 is 2.48 bits per heavy atom. The van der Waals surface area contributed by atoms with Gasteiger partial charge in [-0.25, -0.2) is 4.57 Å². The molecule has 0 saturated carbocycles. The zero-order valence-electron chi connectivity index (χ0n) is 15.8. The number of hydrogen-bond donors (Lipinski definition) is 0. The van der Waals surface area contributed by atoms with Crippen LogP contribution in [0.1, 0.15) is 36.1 Å². The van der Waals surface area contributed by atoms with Crippen LogP contribution >= 0.6 is 0 Å². The largest absolute Gasteiger partial charge is 0.287 e. The van der Waals surface area contributed by atoms with E-state index in [1.807, 2.05) is 33.3 Å². The van der Waals surface area contributed by atoms with Gasteiger partial charge in [0.05, 0.1) is 23.9 Å². The Hall–Kier alpha value is -2.73. The molecule has 2 aromatic carbocycles. The average Bonchev–Trinajstić information content (AvgIpc) is 2.58. The van der Waals surface area contributed by atoms with Crippen molar-refractivity contribution >= 4 is 10.9 Å². The van der Waals surface area contributed by atoms with Crippen molar-refractivity contribution in [3.05, 3.63) is 58.9 Å². The van der Waals surface area contributed by atoms with Gasteiger partial charge in [-0.2, -0.15) is 5.26 Å². The summed E-state index contributed by atoms with van der Waals surface area (Å²) in [7, 11) is 2.03. The third-order valence-corrected chi connectivity index (χ3v) is 5.04. The van der Waals surface area contributed by atoms with Gasteiger partial charge < -0.3 is 0 Å². The normalized spacial score (nSPS) is 11.6. The summed E-state index contributed by atoms with van der Waals surface area (Å²) >= 11 is 0. The van der Waals surface area contributed by atoms with Crippen LogP contribution in [-0.4, -0.2) is 4.98 Å². The predicted octanol–water partition coefficient (Wildman–Crippen LogP) is 4.45. The maximum Gasteiger partial charge on any atom is 0.287 e. The molecule has 0 saturated heterocycles. The topological polar surface area (TPSA) is 40.6 Å². The standard InChI is InChI=1S/C22H24N3/c1-14-9-15(2)16(3)19(10-14)21-18-8-7-17(22(4,5)12-23)11-20(18)24-13-25(21)6/h7-11,13H,1-6H3/q+1. The lowest BCUT2D eigenvalue weighted by Crippen LogP contribution is -2.32. The fourth-order valence-electron chi connectivity index (χ4n) is 3.31. The van der Waals surface area contributed by atoms with E-state index in [0.717, 1.165) is 22.2 Å². The van der Waals surface area contributed by atoms with Crippen LogP contribution in [0.2, 0.25) is 0 Å². The van der Waals surface area contributed by atoms with E-state index in [2.05, 4.69) is 60.7 Å². The molecule has 0 aliphatic heterocycles. The van der Waals surface area contributed by atoms with E-state index in [1.54, 1.807) is 0 Å². The molecule has 3 heteroatoms. The third-order valence-electron chi connectivity index (χ3n) is 5.04. The minimum atomic E-state index is -0.524. The molecular formula is C22H24N3+. The number of aryl methyl sites for hydroxylation is 3. The molecule has 25 heavy (non-hydrogen) atoms. The van der Waals surface area contributed by atoms with Crippen LogP contribution in [0.4, 0.5) is 0 Å². The molecule has 0 unspecified atom stereocenters. The summed E-state index contributed by atoms with van der Waals surface area (Å²) in [5.41, 5.74) is 7.63. The fourth-order valence-corrected chi connectivity index (χ4v) is 3.31. The van der Waals surface area contributed by atoms with Crippen LogP contribution < -0.4 is 4.57 Å². The molecule has 0 N–H and O–H groups in total. The average molecular weight is 330 g/mol. The first-order chi connectivity index (χ1) is 11.7. The highest BCUT2D eigenvalue weighted by Crippen LogP contribution is 2.32. The van der Waals surface area contributed by atoms with Crippen LogP contribution in [0.25, 0.3) is 22.2 Å². The van der Waals surface area contributed by atoms with Gasteiger partial charge in [0, 0.05) is 5.56 Å². The van der Waals surface area contributed by atoms with Crippen LogP contribution in [0.3, 0.4) is 0 Å². The SMILES string of the molecule is Cc1cc(C)c(C)c(-c2c3ccc(C(C)(C)C#N)cc3nc[n+]2C)c1. The van der Waals surface area contributed by atoms with E-state index in [0.29, 0.717) is 0 Å². The zero-order chi connectivity index (χ0) is 18.4. The Morgan fingerprint density at radius 1 is 1.08 bits per heavy atom. The second kappa shape index (κ2) is 5.97. The Bertz CT molecular complexity index is 1020. The number of hydrogen-bond acceptors (Lipinski definition) is 2. The van der Waals surface area contributed by atoms with Crippen molar-refractivity contribution in [1.29, 1.82) is 5.26 Å². The van der Waals surface area contributed by atoms with Crippen molar-refractivity contribution in [2.75, 3.05) is 0 Å². The summed E-state index contributed by atoms with van der Waals surface area (Å²) in [4.78, 5) is 4.60. The maximum absolute atomic E-state index is 9.42. The summed E-state index contributed by atoms with van der Waals surface area (Å²) in [5.74, 6) is 0. The molecule has 0 fully saturated rings. The quantitative estimate of drug-likeness (QED) is 0.651. The van der Waals surface area contributed by atoms with Gasteiger partial charge in [-0.3, -0.25) is 0 Å². The molecule has 0 aliphatic rings. The molecule has 0 bridgehead atoms. The van der Waals surface area contributed by atoms with Gasteiger partial charge in [0.15, 0.2) is 5.52 Å². The highest BCUT2D eigenvalue weighted by atomic mass is 15.0. The summed E-state index contributed by atoms with van der Waals surface area (Å²) in [5, 5.41) is 10.5. The number of rotatable bonds is 2. The molecule has 1 heterocycles. The summed E-state index contributed by atoms with van der Waals surface area (Å²) < 4.78 is 2.08. The molecule has 3 rings (SSSR count). The van der Waals surface area contributed by atoms with Gasteiger partial charge in [0.25, 0.3) is 6.33 Å². The number of nitriles is 1. The van der Waals surface area contributed by atoms with Crippen molar-refractivity contribution in [3.8, 4) is 17.3 Å². The van der Waals surface area contributed by atoms with Crippen LogP contribution in [-0.2, 0) is 12.5 Å². The van der Waals surface area contributed by atoms with E-state index in [9.17, 15) is 5.26 Å². The fraction of sp³-hybridized carbons (Fsp3) is 0.318. The van der Waals surface area contributed by atoms with Gasteiger partial charge in [-0.1, -0.05) is 17.7 Å². The van der Waals surface area contributed by atoms with Crippen molar-refractivity contribution in [3.63, 3.8) is 0 Å². The van der Waals surface area contributed by atoms with Crippen molar-refractivity contribution < 1.29 is 4.57 Å². The molecule has 0 radical (unpaired) electrons. The number of nitrogens with zero attached hydrogens (tertiary/aromatic N) is 3. The van der Waals surface area contributed by atoms with Crippen molar-refractivity contribution in [2.24, 2.45) is 7.05 Å². The summed E-state index contributed by atoms with van der Waals surface area (Å²) in [6.07, 6.45) is 1.86. The lowest BCUT2D eigenvalue weighted by Gasteiger charge is -2.16. The maximum atomic E-state index is 9.42. The van der Waals surface area contributed by atoms with E-state index in [1.165, 1.54) is 22.3 Å². The third kappa shape index (κ3) is 2.89. The van der Waals surface area contributed by atoms with Gasteiger partial charge >= 0.3 is 0 Å². The molecule has 3 aromatic rings. The molecule has 0 atom stereocenters. The van der Waals surface area contributed by atoms with Crippen molar-refractivity contribution in [2.45, 2.75) is 40.0 Å². The van der Waals surface area contributed by atoms with Crippen molar-refractivity contribution in [1.82, 2.24) is 4.98 Å². The monoisotopic (exact) mass is 330 g/mol. The summed E-state index contributed by atoms with van der Waals surface area (Å²) in [6, 6.07) is 13.0. The van der Waals surface area contributed by atoms with Crippen LogP contribution in [0.15, 0.2) is 36.7 Å². The molecule has 1 aromatic heterocycles. The second-order valence-corrected chi connectivity index (χ2v) is 7.43. The lowest BCUT2D eigenvalue weighted by molar-refractivity contribution is -0.662. The van der Waals surface area contributed by atoms with Gasteiger partial charge in [-0.15, -0.1) is 0 Å². The molecule has 0 aliphatic carbocycles. The Kier molecular flexibility index (Phi) is 4.08. The van der Waals surface area contributed by atoms with E-state index < -0.39 is 5.41 Å². The molecule has 126 valence electrons. The smallest absolute Gasteiger partial charge is 0.232 e. The molecular weight excluding hydrogens is 306 g/mol. The first-order valence-electron chi connectivity index (χ1n) is 8.53. The minimum Gasteiger partial charge on any atom is -0.232 e. The van der Waals surface area contributed by atoms with Gasteiger partial charge in [-0.05, 0) is 74.5 Å². The Balaban J connectivity index is 2.34. The van der Waals surface area contributed by atoms with E-state index in [4.69, 9.17) is 0 Å². The first-order valence-corrected chi connectivity index (χ1v) is 8.53. The molecule has 0 spiro atoms. The Morgan fingerprint density at radius 2 is 1.80 bits per heavy atom. The highest BCUT2D eigenvalue weighted by Gasteiger charge is 2.23. The number of benzene rings is 2. The van der Waals surface area contributed by atoms with Gasteiger partial charge in [0.2, 0.25) is 0 Å². The Labute approximate surface area is 149 Å². The van der Waals surface area contributed by atoms with Crippen LogP contribution in [0, 0.1) is 32.1 Å². The highest BCUT2D eigenvalue weighted by molar-refractivity contribution is 5.92. The predicted molar refractivity (Wildman–Crippen MR) is 101 cm³/mol. The number of fused-ring (bicyclic) bond motifs is 1. The molecule has 0 amide bonds. The first kappa shape index (κ1) is 17.1. The lowest BCUT2D eigenvalue weighted by atomic mass is 9.85. The van der Waals surface area contributed by atoms with Gasteiger partial charge in [0.1, 0.15) is 5.69 Å². The van der Waals surface area contributed by atoms with E-state index in [-0.39, 0.29) is 0 Å². The zero-order valence-corrected chi connectivity index (χ0v) is 15.8.